The van der Waals surface area contributed by atoms with Gasteiger partial charge in [-0.1, -0.05) is 39.0 Å². The van der Waals surface area contributed by atoms with Gasteiger partial charge in [-0.2, -0.15) is 8.78 Å². The third-order valence-electron chi connectivity index (χ3n) is 9.16. The molecule has 2 bridgehead atoms. The number of aromatic nitrogens is 3. The first-order valence-electron chi connectivity index (χ1n) is 14.8. The van der Waals surface area contributed by atoms with Crippen molar-refractivity contribution in [2.45, 2.75) is 83.5 Å². The quantitative estimate of drug-likeness (QED) is 0.214. The van der Waals surface area contributed by atoms with Crippen LogP contribution in [0.15, 0.2) is 54.6 Å². The second kappa shape index (κ2) is 10.9. The maximum Gasteiger partial charge on any atom is 0.387 e. The van der Waals surface area contributed by atoms with Crippen LogP contribution in [0.4, 0.5) is 8.78 Å². The lowest BCUT2D eigenvalue weighted by atomic mass is 9.93. The van der Waals surface area contributed by atoms with E-state index in [1.54, 1.807) is 37.3 Å². The number of amides is 1. The lowest BCUT2D eigenvalue weighted by Crippen LogP contribution is -2.45. The highest BCUT2D eigenvalue weighted by Crippen LogP contribution is 2.49. The summed E-state index contributed by atoms with van der Waals surface area (Å²) in [5.41, 5.74) is 3.39. The molecule has 44 heavy (non-hydrogen) atoms. The van der Waals surface area contributed by atoms with Crippen molar-refractivity contribution in [1.82, 2.24) is 19.9 Å². The van der Waals surface area contributed by atoms with Crippen LogP contribution in [-0.4, -0.2) is 47.3 Å². The first kappa shape index (κ1) is 30.1. The number of halogens is 2. The van der Waals surface area contributed by atoms with Crippen LogP contribution >= 0.6 is 0 Å². The molecule has 2 aromatic carbocycles. The number of carbonyl (C=O) groups is 2. The molecule has 6 rings (SSSR count). The fourth-order valence-corrected chi connectivity index (χ4v) is 7.33. The molecule has 1 unspecified atom stereocenters. The number of carbonyl (C=O) groups excluding carboxylic acids is 2. The molecule has 1 amide bonds. The highest BCUT2D eigenvalue weighted by atomic mass is 28.4. The zero-order chi connectivity index (χ0) is 31.6. The number of ether oxygens (including phenoxy) is 1. The van der Waals surface area contributed by atoms with Crippen LogP contribution in [0.25, 0.3) is 22.3 Å². The third kappa shape index (κ3) is 5.21. The van der Waals surface area contributed by atoms with Gasteiger partial charge in [0.15, 0.2) is 14.1 Å². The van der Waals surface area contributed by atoms with Crippen molar-refractivity contribution < 1.29 is 27.5 Å². The second-order valence-corrected chi connectivity index (χ2v) is 17.8. The van der Waals surface area contributed by atoms with Crippen molar-refractivity contribution in [1.29, 1.82) is 0 Å². The molecule has 2 aliphatic rings. The number of nitrogens with zero attached hydrogens (tertiary/aromatic N) is 3. The highest BCUT2D eigenvalue weighted by Gasteiger charge is 2.43. The molecule has 2 aliphatic heterocycles. The van der Waals surface area contributed by atoms with Gasteiger partial charge in [0, 0.05) is 22.4 Å². The number of pyridine rings is 1. The molecule has 0 saturated heterocycles. The van der Waals surface area contributed by atoms with Crippen molar-refractivity contribution in [2.24, 2.45) is 0 Å². The number of Topliss-reactive ketones (excluding diaryl/α,β-unsaturated/α-hetero) is 1. The number of para-hydroxylation sites is 2. The molecule has 4 aromatic rings. The van der Waals surface area contributed by atoms with Gasteiger partial charge in [0.05, 0.1) is 35.2 Å². The number of hydrogen-bond donors (Lipinski definition) is 1. The summed E-state index contributed by atoms with van der Waals surface area (Å²) in [5, 5.41) is 2.97. The smallest absolute Gasteiger partial charge is 0.387 e. The van der Waals surface area contributed by atoms with Crippen LogP contribution < -0.4 is 10.1 Å². The van der Waals surface area contributed by atoms with Crippen LogP contribution in [0.2, 0.25) is 18.1 Å². The summed E-state index contributed by atoms with van der Waals surface area (Å²) in [5.74, 6) is 0.0870. The van der Waals surface area contributed by atoms with Gasteiger partial charge in [0.25, 0.3) is 5.91 Å². The molecule has 8 nitrogen and oxygen atoms in total. The van der Waals surface area contributed by atoms with Gasteiger partial charge in [-0.25, -0.2) is 4.98 Å². The predicted octanol–water partition coefficient (Wildman–Crippen LogP) is 7.00. The Kier molecular flexibility index (Phi) is 7.44. The number of alkyl halides is 2. The molecular formula is C33H36F2N4O4Si. The highest BCUT2D eigenvalue weighted by molar-refractivity contribution is 6.74. The van der Waals surface area contributed by atoms with Gasteiger partial charge >= 0.3 is 6.61 Å². The van der Waals surface area contributed by atoms with Gasteiger partial charge in [0.2, 0.25) is 0 Å². The van der Waals surface area contributed by atoms with Gasteiger partial charge in [-0.15, -0.1) is 0 Å². The molecular weight excluding hydrogens is 582 g/mol. The minimum Gasteiger partial charge on any atom is -0.434 e. The van der Waals surface area contributed by atoms with E-state index in [4.69, 9.17) is 19.1 Å². The van der Waals surface area contributed by atoms with E-state index in [1.807, 2.05) is 28.8 Å². The Labute approximate surface area is 255 Å². The molecule has 11 heteroatoms. The van der Waals surface area contributed by atoms with Crippen LogP contribution in [0.3, 0.4) is 0 Å². The van der Waals surface area contributed by atoms with Gasteiger partial charge in [-0.3, -0.25) is 14.6 Å². The number of hydrogen-bond acceptors (Lipinski definition) is 6. The van der Waals surface area contributed by atoms with Gasteiger partial charge in [0.1, 0.15) is 17.7 Å². The van der Waals surface area contributed by atoms with E-state index in [-0.39, 0.29) is 40.5 Å². The Bertz CT molecular complexity index is 1780. The Morgan fingerprint density at radius 3 is 2.52 bits per heavy atom. The van der Waals surface area contributed by atoms with Crippen LogP contribution in [0.5, 0.6) is 5.75 Å². The molecule has 0 aliphatic carbocycles. The van der Waals surface area contributed by atoms with Crippen molar-refractivity contribution in [3.63, 3.8) is 0 Å². The van der Waals surface area contributed by atoms with E-state index in [0.29, 0.717) is 34.8 Å². The molecule has 3 atom stereocenters. The fraction of sp³-hybridized carbons (Fsp3) is 0.394. The molecule has 0 radical (unpaired) electrons. The van der Waals surface area contributed by atoms with Crippen LogP contribution in [0, 0.1) is 0 Å². The average Bonchev–Trinajstić information content (AvgIpc) is 3.44. The molecule has 4 heterocycles. The Morgan fingerprint density at radius 2 is 1.80 bits per heavy atom. The first-order valence-corrected chi connectivity index (χ1v) is 17.7. The largest absolute Gasteiger partial charge is 0.434 e. The van der Waals surface area contributed by atoms with Crippen LogP contribution in [-0.2, 0) is 15.6 Å². The maximum absolute atomic E-state index is 14.1. The summed E-state index contributed by atoms with van der Waals surface area (Å²) in [6.45, 7) is 9.18. The maximum atomic E-state index is 14.1. The van der Waals surface area contributed by atoms with Gasteiger partial charge < -0.3 is 19.0 Å². The van der Waals surface area contributed by atoms with E-state index in [0.717, 1.165) is 11.0 Å². The average molecular weight is 619 g/mol. The number of imidazole rings is 1. The number of nitrogens with one attached hydrogen (secondary N) is 1. The van der Waals surface area contributed by atoms with E-state index in [1.165, 1.54) is 0 Å². The molecule has 230 valence electrons. The summed E-state index contributed by atoms with van der Waals surface area (Å²) >= 11 is 0. The van der Waals surface area contributed by atoms with Crippen molar-refractivity contribution in [3.05, 3.63) is 77.2 Å². The minimum absolute atomic E-state index is 0.0245. The summed E-state index contributed by atoms with van der Waals surface area (Å²) in [6, 6.07) is 15.1. The topological polar surface area (TPSA) is 95.3 Å². The molecule has 0 fully saturated rings. The third-order valence-corrected chi connectivity index (χ3v) is 13.7. The monoisotopic (exact) mass is 618 g/mol. The SMILES string of the molecule is CC(O[Si](C)(C)C(C)(C)C)C(=O)Cc1cccc(-c2ccc3c(c2OC(F)F)[C@H]2C[C@@H](NC3=O)c3nc4ccccc4n32)n1. The van der Waals surface area contributed by atoms with Crippen molar-refractivity contribution in [3.8, 4) is 17.0 Å². The molecule has 1 N–H and O–H groups in total. The van der Waals surface area contributed by atoms with Gasteiger partial charge in [-0.05, 0) is 67.9 Å². The minimum atomic E-state index is -3.14. The molecule has 2 aromatic heterocycles. The van der Waals surface area contributed by atoms with E-state index in [9.17, 15) is 18.4 Å². The summed E-state index contributed by atoms with van der Waals surface area (Å²) in [7, 11) is -2.17. The first-order chi connectivity index (χ1) is 20.7. The van der Waals surface area contributed by atoms with E-state index < -0.39 is 27.1 Å². The zero-order valence-corrected chi connectivity index (χ0v) is 26.7. The Balaban J connectivity index is 1.40. The normalized spacial score (nSPS) is 18.5. The predicted molar refractivity (Wildman–Crippen MR) is 165 cm³/mol. The molecule has 0 spiro atoms. The zero-order valence-electron chi connectivity index (χ0n) is 25.7. The van der Waals surface area contributed by atoms with Crippen molar-refractivity contribution >= 4 is 31.0 Å². The summed E-state index contributed by atoms with van der Waals surface area (Å²) < 4.78 is 41.6. The Morgan fingerprint density at radius 1 is 1.07 bits per heavy atom. The summed E-state index contributed by atoms with van der Waals surface area (Å²) in [4.78, 5) is 36.0. The number of rotatable bonds is 8. The fourth-order valence-electron chi connectivity index (χ4n) is 5.96. The lowest BCUT2D eigenvalue weighted by molar-refractivity contribution is -0.124. The van der Waals surface area contributed by atoms with E-state index in [2.05, 4.69) is 39.2 Å². The lowest BCUT2D eigenvalue weighted by Gasteiger charge is -2.38. The number of ketones is 1. The van der Waals surface area contributed by atoms with Crippen molar-refractivity contribution in [2.75, 3.05) is 0 Å². The second-order valence-electron chi connectivity index (χ2n) is 13.1. The summed E-state index contributed by atoms with van der Waals surface area (Å²) in [6.07, 6.45) is -0.140. The molecule has 0 saturated carbocycles. The Hall–Kier alpha value is -3.96. The number of fused-ring (bicyclic) bond motifs is 9. The number of benzene rings is 2. The van der Waals surface area contributed by atoms with Crippen LogP contribution in [0.1, 0.15) is 73.6 Å². The van der Waals surface area contributed by atoms with E-state index >= 15 is 0 Å². The standard InChI is InChI=1S/C33H36F2N4O4Si/c1-18(43-44(5,6)33(2,3)4)27(40)16-19-10-9-12-22(36-19)20-14-15-21-28(29(20)42-32(34)35)26-17-24(38-31(21)41)30-37-23-11-7-8-13-25(23)39(26)30/h7-15,18,24,26,32H,16-17H2,1-6H3,(H,38,41)/t18?,24-,26-/m1/s1.